The van der Waals surface area contributed by atoms with E-state index in [0.717, 1.165) is 10.7 Å². The number of carbonyl (C=O) groups excluding carboxylic acids is 3. The molecule has 2 aliphatic heterocycles. The molecular weight excluding hydrogens is 874 g/mol. The normalized spacial score (nSPS) is 17.0. The summed E-state index contributed by atoms with van der Waals surface area (Å²) >= 11 is 18.2. The smallest absolute Gasteiger partial charge is 0.422 e. The number of nitrogens with zero attached hydrogens (tertiary/aromatic N) is 3. The fraction of sp³-hybridized carbons (Fsp3) is 0.343. The lowest BCUT2D eigenvalue weighted by molar-refractivity contribution is -0.154. The number of amides is 3. The third kappa shape index (κ3) is 10.7. The van der Waals surface area contributed by atoms with E-state index in [-0.39, 0.29) is 61.4 Å². The van der Waals surface area contributed by atoms with Gasteiger partial charge in [0.2, 0.25) is 5.88 Å². The Morgan fingerprint density at radius 1 is 0.845 bits per heavy atom. The van der Waals surface area contributed by atoms with Crippen LogP contribution >= 0.6 is 34.8 Å². The molecule has 0 spiro atoms. The third-order valence-electron chi connectivity index (χ3n) is 8.61. The fourth-order valence-electron chi connectivity index (χ4n) is 6.33. The molecular formula is C35H35Cl3F3N7O8S2. The van der Waals surface area contributed by atoms with Crippen LogP contribution in [0.3, 0.4) is 0 Å². The minimum atomic E-state index is -4.66. The first kappa shape index (κ1) is 44.5. The maximum Gasteiger partial charge on any atom is 0.422 e. The monoisotopic (exact) mass is 907 g/mol. The van der Waals surface area contributed by atoms with Gasteiger partial charge in [-0.05, 0) is 75.2 Å². The highest BCUT2D eigenvalue weighted by Gasteiger charge is 2.47. The number of hydrogen-bond acceptors (Lipinski definition) is 11. The van der Waals surface area contributed by atoms with E-state index < -0.39 is 67.1 Å². The van der Waals surface area contributed by atoms with Crippen LogP contribution in [-0.2, 0) is 19.7 Å². The fourth-order valence-corrected chi connectivity index (χ4v) is 11.1. The molecule has 312 valence electrons. The number of ether oxygens (including phenoxy) is 1. The first-order valence-corrected chi connectivity index (χ1v) is 21.6. The van der Waals surface area contributed by atoms with E-state index in [4.69, 9.17) is 45.3 Å². The maximum absolute atomic E-state index is 13.4. The lowest BCUT2D eigenvalue weighted by Gasteiger charge is -2.38. The first-order valence-electron chi connectivity index (χ1n) is 16.8. The minimum Gasteiger partial charge on any atom is -0.467 e. The molecule has 3 amide bonds. The van der Waals surface area contributed by atoms with Gasteiger partial charge in [-0.1, -0.05) is 34.8 Å². The highest BCUT2D eigenvalue weighted by atomic mass is 35.5. The van der Waals surface area contributed by atoms with Gasteiger partial charge in [0.1, 0.15) is 5.69 Å². The molecule has 2 aliphatic rings. The molecule has 58 heavy (non-hydrogen) atoms. The third-order valence-corrected chi connectivity index (χ3v) is 13.6. The standard InChI is InChI=1S/C23H20Cl2F3N5O5S.C12H15ClN2O3S/c1-12-6-13(24)7-14(20(34)31-22(2)10-39(36,37)11-22)18(12)30-21(35)16-8-17(38-9-23(26,27)28)32-33(16)19-15(25)4-3-5-29-19;1-7-3-8(13)4-9(10(7)14)11(16)15-12(2)5-19(17,18)6-12/h3-8H,9-11H2,1-2H3,(H,30,35)(H,31,34);3-4H,5-6,14H2,1-2H3,(H,15,16). The molecule has 23 heteroatoms. The average Bonchev–Trinajstić information content (AvgIpc) is 3.49. The van der Waals surface area contributed by atoms with E-state index in [1.165, 1.54) is 36.5 Å². The number of anilines is 2. The summed E-state index contributed by atoms with van der Waals surface area (Å²) in [5.74, 6) is -3.17. The Hall–Kier alpha value is -4.63. The van der Waals surface area contributed by atoms with E-state index in [9.17, 15) is 44.4 Å². The quantitative estimate of drug-likeness (QED) is 0.161. The molecule has 2 saturated heterocycles. The van der Waals surface area contributed by atoms with Gasteiger partial charge in [-0.25, -0.2) is 26.5 Å². The minimum absolute atomic E-state index is 0.0327. The molecule has 0 radical (unpaired) electrons. The molecule has 2 fully saturated rings. The average molecular weight is 909 g/mol. The second-order valence-electron chi connectivity index (χ2n) is 14.4. The first-order chi connectivity index (χ1) is 26.7. The summed E-state index contributed by atoms with van der Waals surface area (Å²) in [5, 5.41) is 12.5. The van der Waals surface area contributed by atoms with Crippen LogP contribution in [0.5, 0.6) is 5.88 Å². The van der Waals surface area contributed by atoms with E-state index in [2.05, 4.69) is 26.0 Å². The Labute approximate surface area is 345 Å². The Bertz CT molecular complexity index is 2530. The molecule has 5 N–H and O–H groups in total. The van der Waals surface area contributed by atoms with Gasteiger partial charge in [-0.3, -0.25) is 14.4 Å². The Kier molecular flexibility index (Phi) is 12.4. The van der Waals surface area contributed by atoms with Gasteiger partial charge in [0, 0.05) is 28.0 Å². The topological polar surface area (TPSA) is 222 Å². The highest BCUT2D eigenvalue weighted by Crippen LogP contribution is 2.31. The maximum atomic E-state index is 13.4. The summed E-state index contributed by atoms with van der Waals surface area (Å²) in [6.07, 6.45) is -3.32. The number of aryl methyl sites for hydroxylation is 2. The van der Waals surface area contributed by atoms with E-state index in [1.54, 1.807) is 33.8 Å². The molecule has 4 heterocycles. The highest BCUT2D eigenvalue weighted by molar-refractivity contribution is 7.93. The zero-order valence-electron chi connectivity index (χ0n) is 30.9. The van der Waals surface area contributed by atoms with Crippen LogP contribution in [0.2, 0.25) is 15.1 Å². The number of sulfone groups is 2. The SMILES string of the molecule is Cc1cc(Cl)cc(C(=O)NC2(C)CS(=O)(=O)C2)c1N.Cc1cc(Cl)cc(C(=O)NC2(C)CS(=O)(=O)C2)c1NC(=O)c1cc(OCC(F)(F)F)nn1-c1ncccc1Cl. The Morgan fingerprint density at radius 3 is 1.88 bits per heavy atom. The number of nitrogens with two attached hydrogens (primary N) is 1. The van der Waals surface area contributed by atoms with Gasteiger partial charge in [0.05, 0.1) is 55.9 Å². The van der Waals surface area contributed by atoms with Gasteiger partial charge >= 0.3 is 6.18 Å². The summed E-state index contributed by atoms with van der Waals surface area (Å²) in [6.45, 7) is 4.93. The summed E-state index contributed by atoms with van der Waals surface area (Å²) < 4.78 is 89.5. The number of alkyl halides is 3. The van der Waals surface area contributed by atoms with Gasteiger partial charge < -0.3 is 26.4 Å². The number of nitrogens with one attached hydrogen (secondary N) is 3. The van der Waals surface area contributed by atoms with Crippen LogP contribution < -0.4 is 26.4 Å². The zero-order chi connectivity index (χ0) is 43.2. The van der Waals surface area contributed by atoms with Crippen molar-refractivity contribution in [3.05, 3.63) is 91.7 Å². The van der Waals surface area contributed by atoms with Crippen molar-refractivity contribution in [2.45, 2.75) is 44.9 Å². The van der Waals surface area contributed by atoms with Crippen molar-refractivity contribution in [2.75, 3.05) is 40.7 Å². The molecule has 2 aromatic carbocycles. The zero-order valence-corrected chi connectivity index (χ0v) is 34.8. The number of aromatic nitrogens is 3. The van der Waals surface area contributed by atoms with Gasteiger partial charge in [-0.15, -0.1) is 5.10 Å². The van der Waals surface area contributed by atoms with E-state index in [0.29, 0.717) is 21.8 Å². The number of hydrogen-bond donors (Lipinski definition) is 4. The van der Waals surface area contributed by atoms with Crippen LogP contribution in [0.15, 0.2) is 48.7 Å². The molecule has 2 aromatic heterocycles. The van der Waals surface area contributed by atoms with Gasteiger partial charge in [0.25, 0.3) is 17.7 Å². The van der Waals surface area contributed by atoms with E-state index >= 15 is 0 Å². The number of pyridine rings is 1. The van der Waals surface area contributed by atoms with Crippen LogP contribution in [0.1, 0.15) is 56.2 Å². The number of nitrogen functional groups attached to an aromatic ring is 1. The van der Waals surface area contributed by atoms with Crippen LogP contribution in [-0.4, -0.2) is 96.2 Å². The Morgan fingerprint density at radius 2 is 1.36 bits per heavy atom. The molecule has 4 aromatic rings. The van der Waals surface area contributed by atoms with Crippen LogP contribution in [0.25, 0.3) is 5.82 Å². The molecule has 0 saturated carbocycles. The largest absolute Gasteiger partial charge is 0.467 e. The molecule has 15 nitrogen and oxygen atoms in total. The predicted molar refractivity (Wildman–Crippen MR) is 212 cm³/mol. The second kappa shape index (κ2) is 16.2. The van der Waals surface area contributed by atoms with Crippen molar-refractivity contribution in [3.63, 3.8) is 0 Å². The summed E-state index contributed by atoms with van der Waals surface area (Å²) in [4.78, 5) is 42.7. The van der Waals surface area contributed by atoms with Crippen LogP contribution in [0, 0.1) is 13.8 Å². The number of carbonyl (C=O) groups is 3. The second-order valence-corrected chi connectivity index (χ2v) is 19.8. The van der Waals surface area contributed by atoms with E-state index in [1.807, 2.05) is 0 Å². The van der Waals surface area contributed by atoms with Gasteiger partial charge in [0.15, 0.2) is 32.1 Å². The predicted octanol–water partition coefficient (Wildman–Crippen LogP) is 5.14. The van der Waals surface area contributed by atoms with Crippen molar-refractivity contribution >= 4 is 83.6 Å². The lowest BCUT2D eigenvalue weighted by Crippen LogP contribution is -2.63. The van der Waals surface area contributed by atoms with Crippen molar-refractivity contribution in [3.8, 4) is 11.7 Å². The molecule has 0 bridgehead atoms. The summed E-state index contributed by atoms with van der Waals surface area (Å²) in [6, 6.07) is 9.84. The summed E-state index contributed by atoms with van der Waals surface area (Å²) in [5.41, 5.74) is 5.50. The number of halogens is 6. The van der Waals surface area contributed by atoms with Crippen molar-refractivity contribution < 1.29 is 49.1 Å². The van der Waals surface area contributed by atoms with Crippen molar-refractivity contribution in [1.29, 1.82) is 0 Å². The Balaban J connectivity index is 0.000000281. The van der Waals surface area contributed by atoms with Crippen molar-refractivity contribution in [1.82, 2.24) is 25.4 Å². The summed E-state index contributed by atoms with van der Waals surface area (Å²) in [7, 11) is -6.28. The molecule has 0 unspecified atom stereocenters. The lowest BCUT2D eigenvalue weighted by atomic mass is 10.0. The molecule has 6 rings (SSSR count). The van der Waals surface area contributed by atoms with Gasteiger partial charge in [-0.2, -0.15) is 13.2 Å². The molecule has 0 aliphatic carbocycles. The number of benzene rings is 2. The van der Waals surface area contributed by atoms with Crippen molar-refractivity contribution in [2.24, 2.45) is 0 Å². The molecule has 0 atom stereocenters. The number of rotatable bonds is 9. The van der Waals surface area contributed by atoms with Crippen LogP contribution in [0.4, 0.5) is 24.5 Å².